The Hall–Kier alpha value is 2.06. The minimum atomic E-state index is -5.67. The summed E-state index contributed by atoms with van der Waals surface area (Å²) in [7, 11) is -11.3. The summed E-state index contributed by atoms with van der Waals surface area (Å²) in [5.41, 5.74) is 0. The van der Waals surface area contributed by atoms with Gasteiger partial charge in [0.05, 0.1) is 6.61 Å². The smallest absolute Gasteiger partial charge is 0.756 e. The van der Waals surface area contributed by atoms with Gasteiger partial charge in [0.1, 0.15) is 24.4 Å². The van der Waals surface area contributed by atoms with Gasteiger partial charge in [0.2, 0.25) is 0 Å². The topological polar surface area (TPSA) is 209 Å². The molecule has 1 aliphatic heterocycles. The van der Waals surface area contributed by atoms with Crippen LogP contribution in [0.15, 0.2) is 0 Å². The van der Waals surface area contributed by atoms with E-state index in [1.807, 2.05) is 0 Å². The summed E-state index contributed by atoms with van der Waals surface area (Å²) in [6.07, 6.45) is -9.39. The SMILES string of the molecule is O=P([O-])(O)OP(=O)([O-])OC1O[C@H](CO)[C@@H](O)[C@H](O)[C@@H]1O.[Na+].[Na+]. The molecule has 120 valence electrons. The first kappa shape index (κ1) is 26.3. The van der Waals surface area contributed by atoms with Gasteiger partial charge in [-0.15, -0.1) is 0 Å². The van der Waals surface area contributed by atoms with Gasteiger partial charge in [-0.2, -0.15) is 0 Å². The van der Waals surface area contributed by atoms with Crippen molar-refractivity contribution in [1.82, 2.24) is 0 Å². The van der Waals surface area contributed by atoms with Crippen LogP contribution in [0.5, 0.6) is 0 Å². The number of aliphatic hydroxyl groups is 4. The summed E-state index contributed by atoms with van der Waals surface area (Å²) in [4.78, 5) is 29.6. The van der Waals surface area contributed by atoms with Gasteiger partial charge in [-0.25, -0.2) is 4.31 Å². The summed E-state index contributed by atoms with van der Waals surface area (Å²) < 4.78 is 33.3. The standard InChI is InChI=1S/C6H14O12P2.2Na/c7-1-2-3(8)4(9)5(10)6(16-2)17-20(14,15)18-19(11,12)13;;/h2-10H,1H2,(H,14,15)(H2,11,12,13);;/q;2*+1/p-2/t2-,3-,4+,5+,6?;;/m1../s1. The first-order chi connectivity index (χ1) is 8.97. The van der Waals surface area contributed by atoms with Crippen molar-refractivity contribution in [2.45, 2.75) is 30.7 Å². The Kier molecular flexibility index (Phi) is 12.3. The zero-order valence-electron chi connectivity index (χ0n) is 11.6. The van der Waals surface area contributed by atoms with Crippen LogP contribution in [0.4, 0.5) is 0 Å². The van der Waals surface area contributed by atoms with Gasteiger partial charge in [-0.05, 0) is 0 Å². The molecule has 1 rings (SSSR count). The molecule has 12 nitrogen and oxygen atoms in total. The molecular weight excluding hydrogens is 372 g/mol. The van der Waals surface area contributed by atoms with Gasteiger partial charge in [-0.3, -0.25) is 13.7 Å². The van der Waals surface area contributed by atoms with Crippen molar-refractivity contribution in [1.29, 1.82) is 0 Å². The molecule has 22 heavy (non-hydrogen) atoms. The van der Waals surface area contributed by atoms with Crippen LogP contribution in [-0.4, -0.2) is 62.6 Å². The van der Waals surface area contributed by atoms with E-state index in [1.165, 1.54) is 0 Å². The second kappa shape index (κ2) is 10.3. The molecule has 0 bridgehead atoms. The second-order valence-electron chi connectivity index (χ2n) is 3.80. The largest absolute Gasteiger partial charge is 1.00 e. The molecule has 0 spiro atoms. The van der Waals surface area contributed by atoms with Gasteiger partial charge >= 0.3 is 59.1 Å². The number of hydrogen-bond acceptors (Lipinski definition) is 11. The number of phosphoric acid groups is 2. The Morgan fingerprint density at radius 2 is 1.55 bits per heavy atom. The molecule has 7 atom stereocenters. The zero-order valence-corrected chi connectivity index (χ0v) is 17.4. The first-order valence-corrected chi connectivity index (χ1v) is 7.97. The molecule has 0 aromatic carbocycles. The quantitative estimate of drug-likeness (QED) is 0.221. The molecule has 0 aromatic heterocycles. The van der Waals surface area contributed by atoms with Crippen LogP contribution in [-0.2, 0) is 22.7 Å². The Morgan fingerprint density at radius 3 is 1.95 bits per heavy atom. The Bertz CT molecular complexity index is 428. The molecule has 16 heteroatoms. The van der Waals surface area contributed by atoms with Gasteiger partial charge < -0.3 is 39.8 Å². The average Bonchev–Trinajstić information content (AvgIpc) is 2.26. The van der Waals surface area contributed by atoms with Crippen LogP contribution in [0.25, 0.3) is 0 Å². The molecule has 1 fully saturated rings. The second-order valence-corrected chi connectivity index (χ2v) is 6.50. The molecule has 1 aliphatic rings. The summed E-state index contributed by atoms with van der Waals surface area (Å²) in [5.74, 6) is 0. The minimum Gasteiger partial charge on any atom is -0.756 e. The van der Waals surface area contributed by atoms with Crippen molar-refractivity contribution in [2.75, 3.05) is 6.61 Å². The van der Waals surface area contributed by atoms with E-state index >= 15 is 0 Å². The van der Waals surface area contributed by atoms with E-state index < -0.39 is 53.0 Å². The number of phosphoric ester groups is 1. The van der Waals surface area contributed by atoms with Gasteiger partial charge in [0, 0.05) is 0 Å². The third kappa shape index (κ3) is 7.96. The summed E-state index contributed by atoms with van der Waals surface area (Å²) in [6.45, 7) is -0.852. The van der Waals surface area contributed by atoms with Crippen LogP contribution < -0.4 is 68.9 Å². The third-order valence-electron chi connectivity index (χ3n) is 2.28. The van der Waals surface area contributed by atoms with Crippen LogP contribution in [0.2, 0.25) is 0 Å². The van der Waals surface area contributed by atoms with Crippen LogP contribution in [0.1, 0.15) is 0 Å². The number of rotatable bonds is 5. The number of aliphatic hydroxyl groups excluding tert-OH is 4. The Labute approximate surface area is 168 Å². The molecule has 0 amide bonds. The molecule has 3 unspecified atom stereocenters. The van der Waals surface area contributed by atoms with Crippen molar-refractivity contribution in [3.8, 4) is 0 Å². The maximum absolute atomic E-state index is 11.1. The molecule has 1 saturated heterocycles. The molecule has 0 aromatic rings. The van der Waals surface area contributed by atoms with Gasteiger partial charge in [0.25, 0.3) is 15.6 Å². The van der Waals surface area contributed by atoms with E-state index in [0.717, 1.165) is 0 Å². The Morgan fingerprint density at radius 1 is 1.05 bits per heavy atom. The molecule has 0 aliphatic carbocycles. The van der Waals surface area contributed by atoms with Crippen molar-refractivity contribution in [2.24, 2.45) is 0 Å². The molecule has 5 N–H and O–H groups in total. The van der Waals surface area contributed by atoms with Gasteiger partial charge in [0.15, 0.2) is 6.29 Å². The maximum Gasteiger partial charge on any atom is 1.00 e. The molecule has 1 heterocycles. The van der Waals surface area contributed by atoms with Crippen molar-refractivity contribution < 1.29 is 117 Å². The molecule has 0 saturated carbocycles. The van der Waals surface area contributed by atoms with E-state index in [0.29, 0.717) is 0 Å². The van der Waals surface area contributed by atoms with E-state index in [4.69, 9.17) is 10.00 Å². The predicted molar refractivity (Wildman–Crippen MR) is 53.4 cm³/mol. The van der Waals surface area contributed by atoms with Crippen molar-refractivity contribution in [3.05, 3.63) is 0 Å². The van der Waals surface area contributed by atoms with Gasteiger partial charge in [-0.1, -0.05) is 0 Å². The minimum absolute atomic E-state index is 0. The van der Waals surface area contributed by atoms with Crippen molar-refractivity contribution in [3.63, 3.8) is 0 Å². The van der Waals surface area contributed by atoms with Crippen molar-refractivity contribution >= 4 is 15.6 Å². The summed E-state index contributed by atoms with van der Waals surface area (Å²) in [6, 6.07) is 0. The number of ether oxygens (including phenoxy) is 1. The fourth-order valence-corrected chi connectivity index (χ4v) is 3.02. The van der Waals surface area contributed by atoms with Crippen LogP contribution >= 0.6 is 15.6 Å². The van der Waals surface area contributed by atoms with E-state index in [1.54, 1.807) is 0 Å². The monoisotopic (exact) mass is 384 g/mol. The van der Waals surface area contributed by atoms with E-state index in [2.05, 4.69) is 13.6 Å². The summed E-state index contributed by atoms with van der Waals surface area (Å²) in [5, 5.41) is 37.0. The fraction of sp³-hybridized carbons (Fsp3) is 1.00. The fourth-order valence-electron chi connectivity index (χ4n) is 1.43. The molecular formula is C6H12Na2O12P2. The van der Waals surface area contributed by atoms with Crippen LogP contribution in [0.3, 0.4) is 0 Å². The predicted octanol–water partition coefficient (Wildman–Crippen LogP) is -10.2. The first-order valence-electron chi connectivity index (χ1n) is 5.02. The third-order valence-corrected chi connectivity index (χ3v) is 4.38. The normalized spacial score (nSPS) is 37.1. The van der Waals surface area contributed by atoms with Crippen LogP contribution in [0, 0.1) is 0 Å². The Balaban J connectivity index is 0. The average molecular weight is 384 g/mol. The molecule has 0 radical (unpaired) electrons. The van der Waals surface area contributed by atoms with E-state index in [-0.39, 0.29) is 59.1 Å². The van der Waals surface area contributed by atoms with E-state index in [9.17, 15) is 34.2 Å². The summed E-state index contributed by atoms with van der Waals surface area (Å²) >= 11 is 0. The maximum atomic E-state index is 11.1. The number of hydrogen-bond donors (Lipinski definition) is 5. The zero-order chi connectivity index (χ0) is 15.7.